The number of thioether (sulfide) groups is 1. The highest BCUT2D eigenvalue weighted by Gasteiger charge is 2.30. The summed E-state index contributed by atoms with van der Waals surface area (Å²) in [6, 6.07) is 16.7. The van der Waals surface area contributed by atoms with Crippen molar-refractivity contribution in [1.82, 2.24) is 5.32 Å². The lowest BCUT2D eigenvalue weighted by Crippen LogP contribution is -2.50. The normalized spacial score (nSPS) is 14.1. The molecule has 4 aromatic rings. The van der Waals surface area contributed by atoms with Gasteiger partial charge < -0.3 is 19.1 Å². The molecule has 1 aromatic heterocycles. The average Bonchev–Trinajstić information content (AvgIpc) is 3.57. The number of thiazole rings is 1. The third kappa shape index (κ3) is 9.12. The Bertz CT molecular complexity index is 2020. The zero-order valence-corrected chi connectivity index (χ0v) is 30.4. The van der Waals surface area contributed by atoms with Gasteiger partial charge in [0.2, 0.25) is 18.1 Å². The van der Waals surface area contributed by atoms with Crippen LogP contribution in [-0.2, 0) is 31.1 Å². The summed E-state index contributed by atoms with van der Waals surface area (Å²) in [4.78, 5) is 41.9. The number of aldehydes is 1. The molecule has 0 aliphatic carbocycles. The standard InChI is InChI=1S/C33H32Cl2N4O7S3/c1-3-46-33(42)21(2)38(25-9-5-22(19-40)6-10-25)18-30(41)36-20-39-27-16-24(35)8-12-29(27)48-32(39)17-31-37(13-4-14-49(43,44)45)26-15-23(34)7-11-28(26)47-31/h5-12,15-17,19,21H,3-4,13-14,18,20H2,1-2H3,(H-,36,41,43,44,45). The number of aromatic nitrogens is 1. The van der Waals surface area contributed by atoms with Gasteiger partial charge in [0, 0.05) is 44.6 Å². The van der Waals surface area contributed by atoms with Gasteiger partial charge in [0.25, 0.3) is 5.01 Å². The lowest BCUT2D eigenvalue weighted by Gasteiger charge is -2.29. The van der Waals surface area contributed by atoms with Crippen LogP contribution in [0.4, 0.5) is 11.4 Å². The molecule has 16 heteroatoms. The van der Waals surface area contributed by atoms with Crippen LogP contribution in [0.1, 0.15) is 35.6 Å². The van der Waals surface area contributed by atoms with Crippen LogP contribution in [0.25, 0.3) is 16.3 Å². The van der Waals surface area contributed by atoms with Gasteiger partial charge in [-0.2, -0.15) is 4.57 Å². The first-order valence-corrected chi connectivity index (χ1v) is 19.1. The zero-order valence-electron chi connectivity index (χ0n) is 26.4. The summed E-state index contributed by atoms with van der Waals surface area (Å²) < 4.78 is 42.1. The number of carbonyl (C=O) groups excluding carboxylic acids is 3. The first kappa shape index (κ1) is 36.6. The molecule has 1 unspecified atom stereocenters. The van der Waals surface area contributed by atoms with Crippen molar-refractivity contribution >= 4 is 102 Å². The largest absolute Gasteiger partial charge is 0.748 e. The number of carbonyl (C=O) groups is 3. The van der Waals surface area contributed by atoms with Crippen molar-refractivity contribution in [2.45, 2.75) is 37.9 Å². The van der Waals surface area contributed by atoms with E-state index in [1.807, 2.05) is 27.7 Å². The van der Waals surface area contributed by atoms with Crippen LogP contribution in [0.3, 0.4) is 0 Å². The molecule has 5 rings (SSSR count). The maximum atomic E-state index is 13.5. The van der Waals surface area contributed by atoms with Crippen LogP contribution >= 0.6 is 46.3 Å². The quantitative estimate of drug-likeness (QED) is 0.0738. The fourth-order valence-electron chi connectivity index (χ4n) is 5.23. The molecule has 11 nitrogen and oxygen atoms in total. The summed E-state index contributed by atoms with van der Waals surface area (Å²) in [7, 11) is -4.39. The van der Waals surface area contributed by atoms with Gasteiger partial charge in [0.15, 0.2) is 0 Å². The van der Waals surface area contributed by atoms with E-state index in [9.17, 15) is 27.4 Å². The summed E-state index contributed by atoms with van der Waals surface area (Å²) in [6.45, 7) is 3.68. The van der Waals surface area contributed by atoms with Crippen molar-refractivity contribution in [2.75, 3.05) is 35.2 Å². The maximum Gasteiger partial charge on any atom is 0.328 e. The third-order valence-corrected chi connectivity index (χ3v) is 11.1. The van der Waals surface area contributed by atoms with Gasteiger partial charge in [0.05, 0.1) is 40.1 Å². The average molecular weight is 764 g/mol. The van der Waals surface area contributed by atoms with Crippen molar-refractivity contribution in [3.63, 3.8) is 0 Å². The third-order valence-electron chi connectivity index (χ3n) is 7.61. The Hall–Kier alpha value is -3.66. The van der Waals surface area contributed by atoms with E-state index in [-0.39, 0.29) is 38.7 Å². The zero-order chi connectivity index (χ0) is 35.3. The topological polar surface area (TPSA) is 140 Å². The van der Waals surface area contributed by atoms with Crippen molar-refractivity contribution in [3.05, 3.63) is 86.3 Å². The predicted molar refractivity (Wildman–Crippen MR) is 192 cm³/mol. The first-order chi connectivity index (χ1) is 23.4. The molecule has 0 saturated carbocycles. The van der Waals surface area contributed by atoms with E-state index in [0.717, 1.165) is 30.8 Å². The molecule has 0 spiro atoms. The number of benzene rings is 3. The second-order valence-corrected chi connectivity index (χ2v) is 15.5. The Morgan fingerprint density at radius 2 is 1.82 bits per heavy atom. The molecule has 1 amide bonds. The number of hydrogen-bond donors (Lipinski definition) is 1. The van der Waals surface area contributed by atoms with Gasteiger partial charge in [-0.25, -0.2) is 13.2 Å². The molecule has 258 valence electrons. The SMILES string of the molecule is CCOC(=O)C(C)N(CC(=O)NC[n+]1c(/C=C2\Sc3ccc(Cl)cc3N2CCCS(=O)(=O)[O-])sc2ccc(Cl)cc21)c1ccc(C=O)cc1. The minimum Gasteiger partial charge on any atom is -0.748 e. The van der Waals surface area contributed by atoms with Crippen LogP contribution in [0.2, 0.25) is 10.0 Å². The Morgan fingerprint density at radius 1 is 1.10 bits per heavy atom. The van der Waals surface area contributed by atoms with E-state index in [1.54, 1.807) is 67.3 Å². The van der Waals surface area contributed by atoms with Crippen molar-refractivity contribution in [2.24, 2.45) is 0 Å². The lowest BCUT2D eigenvalue weighted by molar-refractivity contribution is -0.672. The number of anilines is 2. The number of ether oxygens (including phenoxy) is 1. The predicted octanol–water partition coefficient (Wildman–Crippen LogP) is 5.69. The van der Waals surface area contributed by atoms with Gasteiger partial charge in [-0.05, 0) is 74.9 Å². The van der Waals surface area contributed by atoms with Gasteiger partial charge in [0.1, 0.15) is 17.0 Å². The van der Waals surface area contributed by atoms with Crippen LogP contribution in [0.5, 0.6) is 0 Å². The van der Waals surface area contributed by atoms with Crippen LogP contribution in [0, 0.1) is 0 Å². The smallest absolute Gasteiger partial charge is 0.328 e. The van der Waals surface area contributed by atoms with E-state index >= 15 is 0 Å². The highest BCUT2D eigenvalue weighted by Crippen LogP contribution is 2.48. The lowest BCUT2D eigenvalue weighted by atomic mass is 10.1. The first-order valence-electron chi connectivity index (χ1n) is 15.1. The molecular formula is C33H32Cl2N4O7S3. The number of nitrogens with zero attached hydrogens (tertiary/aromatic N) is 3. The summed E-state index contributed by atoms with van der Waals surface area (Å²) in [6.07, 6.45) is 2.77. The summed E-state index contributed by atoms with van der Waals surface area (Å²) in [5, 5.41) is 5.54. The minimum atomic E-state index is -4.39. The summed E-state index contributed by atoms with van der Waals surface area (Å²) in [5.41, 5.74) is 2.60. The number of esters is 1. The molecular weight excluding hydrogens is 731 g/mol. The fourth-order valence-corrected chi connectivity index (χ4v) is 8.30. The molecule has 2 heterocycles. The van der Waals surface area contributed by atoms with Crippen LogP contribution in [0.15, 0.2) is 70.6 Å². The monoisotopic (exact) mass is 762 g/mol. The number of nitrogens with one attached hydrogen (secondary N) is 1. The van der Waals surface area contributed by atoms with Crippen LogP contribution in [-0.4, -0.2) is 62.6 Å². The Balaban J connectivity index is 1.44. The summed E-state index contributed by atoms with van der Waals surface area (Å²) >= 11 is 15.7. The molecule has 1 atom stereocenters. The van der Waals surface area contributed by atoms with E-state index in [1.165, 1.54) is 23.1 Å². The van der Waals surface area contributed by atoms with Gasteiger partial charge in [-0.1, -0.05) is 46.3 Å². The minimum absolute atomic E-state index is 0.0574. The van der Waals surface area contributed by atoms with E-state index in [4.69, 9.17) is 27.9 Å². The number of rotatable bonds is 14. The Morgan fingerprint density at radius 3 is 2.51 bits per heavy atom. The van der Waals surface area contributed by atoms with Gasteiger partial charge in [-0.3, -0.25) is 14.9 Å². The highest BCUT2D eigenvalue weighted by molar-refractivity contribution is 8.03. The molecule has 0 radical (unpaired) electrons. The Kier molecular flexibility index (Phi) is 11.9. The molecule has 0 bridgehead atoms. The van der Waals surface area contributed by atoms with Crippen molar-refractivity contribution in [1.29, 1.82) is 0 Å². The molecule has 0 saturated heterocycles. The van der Waals surface area contributed by atoms with Gasteiger partial charge in [-0.15, -0.1) is 0 Å². The molecule has 3 aromatic carbocycles. The molecule has 0 fully saturated rings. The van der Waals surface area contributed by atoms with Crippen molar-refractivity contribution < 1.29 is 36.7 Å². The van der Waals surface area contributed by atoms with E-state index in [2.05, 4.69) is 5.32 Å². The molecule has 1 N–H and O–H groups in total. The maximum absolute atomic E-state index is 13.5. The van der Waals surface area contributed by atoms with E-state index < -0.39 is 27.9 Å². The van der Waals surface area contributed by atoms with Gasteiger partial charge >= 0.3 is 5.97 Å². The Labute approximate surface area is 302 Å². The van der Waals surface area contributed by atoms with E-state index in [0.29, 0.717) is 27.6 Å². The number of amides is 1. The number of fused-ring (bicyclic) bond motifs is 2. The van der Waals surface area contributed by atoms with Crippen molar-refractivity contribution in [3.8, 4) is 0 Å². The summed E-state index contributed by atoms with van der Waals surface area (Å²) in [5.74, 6) is -1.37. The fraction of sp³-hybridized carbons (Fsp3) is 0.273. The molecule has 49 heavy (non-hydrogen) atoms. The molecule has 1 aliphatic rings. The van der Waals surface area contributed by atoms with Crippen LogP contribution < -0.4 is 19.7 Å². The number of hydrogen-bond acceptors (Lipinski definition) is 11. The second-order valence-electron chi connectivity index (χ2n) is 11.0. The second kappa shape index (κ2) is 15.9. The molecule has 1 aliphatic heterocycles. The number of halogens is 2. The highest BCUT2D eigenvalue weighted by atomic mass is 35.5.